The fourth-order valence-electron chi connectivity index (χ4n) is 4.70. The van der Waals surface area contributed by atoms with E-state index in [4.69, 9.17) is 0 Å². The highest BCUT2D eigenvalue weighted by Crippen LogP contribution is 2.29. The molecule has 3 aromatic rings. The van der Waals surface area contributed by atoms with E-state index in [2.05, 4.69) is 34.0 Å². The normalized spacial score (nSPS) is 16.5. The van der Waals surface area contributed by atoms with Gasteiger partial charge in [-0.05, 0) is 87.7 Å². The molecule has 1 aliphatic heterocycles. The average molecular weight is 538 g/mol. The van der Waals surface area contributed by atoms with Crippen LogP contribution in [-0.4, -0.2) is 50.8 Å². The van der Waals surface area contributed by atoms with Gasteiger partial charge in [-0.15, -0.1) is 0 Å². The van der Waals surface area contributed by atoms with Crippen LogP contribution < -0.4 is 5.32 Å². The summed E-state index contributed by atoms with van der Waals surface area (Å²) in [7, 11) is 0. The van der Waals surface area contributed by atoms with E-state index in [0.717, 1.165) is 55.0 Å². The number of likely N-dealkylation sites (tertiary alicyclic amines) is 1. The lowest BCUT2D eigenvalue weighted by Crippen LogP contribution is -2.51. The summed E-state index contributed by atoms with van der Waals surface area (Å²) in [5, 5.41) is 3.26. The number of amides is 1. The highest BCUT2D eigenvalue weighted by Gasteiger charge is 2.30. The Morgan fingerprint density at radius 1 is 1.15 bits per heavy atom. The van der Waals surface area contributed by atoms with E-state index < -0.39 is 11.7 Å². The predicted molar refractivity (Wildman–Crippen MR) is 147 cm³/mol. The minimum atomic E-state index is -4.39. The topological polar surface area (TPSA) is 61.4 Å². The first-order valence-corrected chi connectivity index (χ1v) is 13.1. The third-order valence-electron chi connectivity index (χ3n) is 6.89. The van der Waals surface area contributed by atoms with Gasteiger partial charge in [-0.1, -0.05) is 18.2 Å². The lowest BCUT2D eigenvalue weighted by molar-refractivity contribution is -0.137. The highest BCUT2D eigenvalue weighted by atomic mass is 19.4. The Labute approximate surface area is 227 Å². The van der Waals surface area contributed by atoms with Gasteiger partial charge in [0.15, 0.2) is 0 Å². The Bertz CT molecular complexity index is 1270. The molecule has 1 aliphatic rings. The van der Waals surface area contributed by atoms with Crippen molar-refractivity contribution in [2.45, 2.75) is 58.4 Å². The van der Waals surface area contributed by atoms with E-state index in [1.807, 2.05) is 36.1 Å². The molecule has 206 valence electrons. The lowest BCUT2D eigenvalue weighted by atomic mass is 10.0. The van der Waals surface area contributed by atoms with E-state index in [1.54, 1.807) is 18.5 Å². The van der Waals surface area contributed by atoms with Crippen molar-refractivity contribution in [3.63, 3.8) is 0 Å². The summed E-state index contributed by atoms with van der Waals surface area (Å²) in [6.45, 7) is 8.37. The van der Waals surface area contributed by atoms with Crippen LogP contribution in [0.3, 0.4) is 0 Å². The van der Waals surface area contributed by atoms with Gasteiger partial charge in [-0.2, -0.15) is 13.2 Å². The van der Waals surface area contributed by atoms with E-state index in [9.17, 15) is 18.0 Å². The molecule has 1 saturated heterocycles. The van der Waals surface area contributed by atoms with E-state index in [-0.39, 0.29) is 11.9 Å². The number of carbonyl (C=O) groups is 1. The van der Waals surface area contributed by atoms with Gasteiger partial charge >= 0.3 is 6.18 Å². The van der Waals surface area contributed by atoms with Crippen LogP contribution in [0.2, 0.25) is 0 Å². The summed E-state index contributed by atoms with van der Waals surface area (Å²) < 4.78 is 38.7. The monoisotopic (exact) mass is 537 g/mol. The Kier molecular flexibility index (Phi) is 9.01. The van der Waals surface area contributed by atoms with Crippen molar-refractivity contribution in [1.82, 2.24) is 19.8 Å². The quantitative estimate of drug-likeness (QED) is 0.334. The summed E-state index contributed by atoms with van der Waals surface area (Å²) >= 11 is 0. The number of pyridine rings is 2. The summed E-state index contributed by atoms with van der Waals surface area (Å²) in [5.41, 5.74) is 2.51. The maximum absolute atomic E-state index is 13.5. The van der Waals surface area contributed by atoms with Crippen molar-refractivity contribution in [2.24, 2.45) is 0 Å². The number of halogens is 3. The predicted octanol–water partition coefficient (Wildman–Crippen LogP) is 6.46. The zero-order valence-corrected chi connectivity index (χ0v) is 22.4. The molecule has 1 fully saturated rings. The molecule has 0 unspecified atom stereocenters. The van der Waals surface area contributed by atoms with Gasteiger partial charge in [-0.3, -0.25) is 14.7 Å². The Hall–Kier alpha value is -3.72. The molecule has 0 aliphatic carbocycles. The minimum absolute atomic E-state index is 0.0171. The number of aromatic nitrogens is 2. The molecule has 1 amide bonds. The minimum Gasteiger partial charge on any atom is -0.340 e. The summed E-state index contributed by atoms with van der Waals surface area (Å²) in [4.78, 5) is 26.4. The zero-order valence-electron chi connectivity index (χ0n) is 22.4. The molecule has 1 N–H and O–H groups in total. The van der Waals surface area contributed by atoms with Crippen molar-refractivity contribution in [2.75, 3.05) is 18.4 Å². The first-order chi connectivity index (χ1) is 18.6. The number of nitrogens with zero attached hydrogens (tertiary/aromatic N) is 4. The third-order valence-corrected chi connectivity index (χ3v) is 6.89. The standard InChI is InChI=1S/C30H34F3N5O/c1-21(2)37-16-4-5-27(20-37)38(29(39)13-9-23-6-10-25(11-7-23)30(31,32)33)19-24-8-12-28(35-18-24)36-26-14-15-34-22(3)17-26/h6-15,17-18,21,27H,4-5,16,19-20H2,1-3H3,(H,34,35,36)/t27-/m0/s1. The number of rotatable bonds is 8. The number of piperidine rings is 1. The molecule has 3 heterocycles. The summed E-state index contributed by atoms with van der Waals surface area (Å²) in [5.74, 6) is 0.507. The molecule has 0 radical (unpaired) electrons. The summed E-state index contributed by atoms with van der Waals surface area (Å²) in [6, 6.07) is 12.8. The van der Waals surface area contributed by atoms with Crippen molar-refractivity contribution in [3.05, 3.63) is 89.4 Å². The van der Waals surface area contributed by atoms with Gasteiger partial charge in [-0.25, -0.2) is 4.98 Å². The third kappa shape index (κ3) is 7.89. The maximum Gasteiger partial charge on any atom is 0.416 e. The van der Waals surface area contributed by atoms with Crippen LogP contribution in [0, 0.1) is 6.92 Å². The SMILES string of the molecule is Cc1cc(Nc2ccc(CN(C(=O)C=Cc3ccc(C(F)(F)F)cc3)[C@H]3CCCN(C(C)C)C3)cn2)ccn1. The van der Waals surface area contributed by atoms with E-state index in [0.29, 0.717) is 24.0 Å². The fraction of sp³-hybridized carbons (Fsp3) is 0.367. The molecular weight excluding hydrogens is 503 g/mol. The second-order valence-corrected chi connectivity index (χ2v) is 10.2. The maximum atomic E-state index is 13.5. The molecule has 4 rings (SSSR count). The van der Waals surface area contributed by atoms with Crippen LogP contribution in [0.1, 0.15) is 49.1 Å². The van der Waals surface area contributed by atoms with Crippen LogP contribution in [-0.2, 0) is 17.5 Å². The number of hydrogen-bond acceptors (Lipinski definition) is 5. The van der Waals surface area contributed by atoms with Crippen LogP contribution >= 0.6 is 0 Å². The highest BCUT2D eigenvalue weighted by molar-refractivity contribution is 5.92. The van der Waals surface area contributed by atoms with Crippen molar-refractivity contribution >= 4 is 23.5 Å². The fourth-order valence-corrected chi connectivity index (χ4v) is 4.70. The number of carbonyl (C=O) groups excluding carboxylic acids is 1. The van der Waals surface area contributed by atoms with Gasteiger partial charge in [0.25, 0.3) is 0 Å². The molecule has 9 heteroatoms. The molecule has 0 spiro atoms. The van der Waals surface area contributed by atoms with Gasteiger partial charge in [0, 0.05) is 55.0 Å². The number of benzene rings is 1. The number of nitrogens with one attached hydrogen (secondary N) is 1. The van der Waals surface area contributed by atoms with Crippen molar-refractivity contribution in [1.29, 1.82) is 0 Å². The van der Waals surface area contributed by atoms with E-state index in [1.165, 1.54) is 18.2 Å². The first-order valence-electron chi connectivity index (χ1n) is 13.1. The van der Waals surface area contributed by atoms with Crippen LogP contribution in [0.4, 0.5) is 24.7 Å². The second-order valence-electron chi connectivity index (χ2n) is 10.2. The zero-order chi connectivity index (χ0) is 28.0. The number of alkyl halides is 3. The first kappa shape index (κ1) is 28.3. The molecule has 0 bridgehead atoms. The van der Waals surface area contributed by atoms with Crippen LogP contribution in [0.25, 0.3) is 6.08 Å². The number of aryl methyl sites for hydroxylation is 1. The van der Waals surface area contributed by atoms with E-state index >= 15 is 0 Å². The van der Waals surface area contributed by atoms with Gasteiger partial charge in [0.05, 0.1) is 5.56 Å². The number of hydrogen-bond donors (Lipinski definition) is 1. The van der Waals surface area contributed by atoms with Crippen LogP contribution in [0.15, 0.2) is 67.0 Å². The second kappa shape index (κ2) is 12.4. The molecule has 1 aromatic carbocycles. The van der Waals surface area contributed by atoms with Crippen molar-refractivity contribution < 1.29 is 18.0 Å². The molecule has 1 atom stereocenters. The lowest BCUT2D eigenvalue weighted by Gasteiger charge is -2.40. The smallest absolute Gasteiger partial charge is 0.340 e. The Balaban J connectivity index is 1.50. The molecule has 39 heavy (non-hydrogen) atoms. The van der Waals surface area contributed by atoms with Crippen LogP contribution in [0.5, 0.6) is 0 Å². The Morgan fingerprint density at radius 2 is 1.92 bits per heavy atom. The van der Waals surface area contributed by atoms with Gasteiger partial charge in [0.2, 0.25) is 5.91 Å². The molecule has 6 nitrogen and oxygen atoms in total. The Morgan fingerprint density at radius 3 is 2.56 bits per heavy atom. The van der Waals surface area contributed by atoms with Gasteiger partial charge < -0.3 is 10.2 Å². The number of anilines is 2. The summed E-state index contributed by atoms with van der Waals surface area (Å²) in [6.07, 6.45) is 4.00. The molecule has 2 aromatic heterocycles. The molecule has 0 saturated carbocycles. The average Bonchev–Trinajstić information content (AvgIpc) is 2.91. The largest absolute Gasteiger partial charge is 0.416 e. The molecular formula is C30H34F3N5O. The van der Waals surface area contributed by atoms with Crippen molar-refractivity contribution in [3.8, 4) is 0 Å². The van der Waals surface area contributed by atoms with Gasteiger partial charge in [0.1, 0.15) is 5.82 Å².